The van der Waals surface area contributed by atoms with Gasteiger partial charge in [-0.2, -0.15) is 0 Å². The number of anilines is 1. The molecule has 0 fully saturated rings. The molecule has 1 aromatic carbocycles. The highest BCUT2D eigenvalue weighted by Crippen LogP contribution is 2.27. The average molecular weight is 259 g/mol. The van der Waals surface area contributed by atoms with Crippen LogP contribution in [0.15, 0.2) is 18.2 Å². The van der Waals surface area contributed by atoms with Crippen molar-refractivity contribution in [3.63, 3.8) is 0 Å². The van der Waals surface area contributed by atoms with E-state index in [1.807, 2.05) is 0 Å². The summed E-state index contributed by atoms with van der Waals surface area (Å²) in [5, 5.41) is 3.09. The third-order valence-electron chi connectivity index (χ3n) is 1.93. The van der Waals surface area contributed by atoms with Gasteiger partial charge in [-0.05, 0) is 18.2 Å². The number of nitrogens with one attached hydrogen (secondary N) is 1. The van der Waals surface area contributed by atoms with Crippen LogP contribution < -0.4 is 15.8 Å². The van der Waals surface area contributed by atoms with Crippen LogP contribution in [0.5, 0.6) is 5.75 Å². The van der Waals surface area contributed by atoms with Gasteiger partial charge in [-0.15, -0.1) is 0 Å². The molecule has 0 saturated carbocycles. The third-order valence-corrected chi connectivity index (χ3v) is 2.23. The quantitative estimate of drug-likeness (QED) is 0.754. The molecule has 17 heavy (non-hydrogen) atoms. The number of hydrogen-bond donors (Lipinski definition) is 2. The Kier molecular flexibility index (Phi) is 5.76. The SMILES string of the molecule is COc1ccc(NC(=O)COCCN)cc1Cl. The fraction of sp³-hybridized carbons (Fsp3) is 0.364. The van der Waals surface area contributed by atoms with Crippen molar-refractivity contribution in [2.24, 2.45) is 5.73 Å². The first-order chi connectivity index (χ1) is 8.17. The van der Waals surface area contributed by atoms with Crippen molar-refractivity contribution in [1.82, 2.24) is 0 Å². The van der Waals surface area contributed by atoms with Crippen molar-refractivity contribution in [1.29, 1.82) is 0 Å². The second-order valence-electron chi connectivity index (χ2n) is 3.24. The monoisotopic (exact) mass is 258 g/mol. The van der Waals surface area contributed by atoms with Gasteiger partial charge >= 0.3 is 0 Å². The molecular formula is C11H15ClN2O3. The summed E-state index contributed by atoms with van der Waals surface area (Å²) in [5.41, 5.74) is 5.83. The Labute approximate surface area is 105 Å². The number of amides is 1. The van der Waals surface area contributed by atoms with E-state index < -0.39 is 0 Å². The van der Waals surface area contributed by atoms with E-state index in [1.54, 1.807) is 18.2 Å². The number of methoxy groups -OCH3 is 1. The number of carbonyl (C=O) groups excluding carboxylic acids is 1. The van der Waals surface area contributed by atoms with Crippen LogP contribution in [0.4, 0.5) is 5.69 Å². The van der Waals surface area contributed by atoms with Crippen molar-refractivity contribution in [3.05, 3.63) is 23.2 Å². The molecule has 5 nitrogen and oxygen atoms in total. The van der Waals surface area contributed by atoms with E-state index in [-0.39, 0.29) is 12.5 Å². The molecule has 0 unspecified atom stereocenters. The molecule has 6 heteroatoms. The van der Waals surface area contributed by atoms with Crippen molar-refractivity contribution in [3.8, 4) is 5.75 Å². The summed E-state index contributed by atoms with van der Waals surface area (Å²) in [6.07, 6.45) is 0. The van der Waals surface area contributed by atoms with E-state index >= 15 is 0 Å². The van der Waals surface area contributed by atoms with Crippen LogP contribution in [-0.4, -0.2) is 32.8 Å². The van der Waals surface area contributed by atoms with Gasteiger partial charge in [0.2, 0.25) is 5.91 Å². The van der Waals surface area contributed by atoms with Gasteiger partial charge in [0.15, 0.2) is 0 Å². The first-order valence-electron chi connectivity index (χ1n) is 5.08. The fourth-order valence-electron chi connectivity index (χ4n) is 1.19. The number of benzene rings is 1. The minimum atomic E-state index is -0.250. The highest BCUT2D eigenvalue weighted by Gasteiger charge is 2.05. The smallest absolute Gasteiger partial charge is 0.250 e. The Balaban J connectivity index is 2.51. The van der Waals surface area contributed by atoms with Crippen LogP contribution in [0.25, 0.3) is 0 Å². The minimum absolute atomic E-state index is 0.0269. The maximum absolute atomic E-state index is 11.4. The molecule has 0 heterocycles. The third kappa shape index (κ3) is 4.60. The largest absolute Gasteiger partial charge is 0.495 e. The number of ether oxygens (including phenoxy) is 2. The molecule has 3 N–H and O–H groups in total. The van der Waals surface area contributed by atoms with E-state index in [9.17, 15) is 4.79 Å². The first-order valence-corrected chi connectivity index (χ1v) is 5.46. The van der Waals surface area contributed by atoms with Crippen LogP contribution in [-0.2, 0) is 9.53 Å². The maximum atomic E-state index is 11.4. The Hall–Kier alpha value is -1.30. The molecule has 0 saturated heterocycles. The maximum Gasteiger partial charge on any atom is 0.250 e. The predicted molar refractivity (Wildman–Crippen MR) is 66.5 cm³/mol. The van der Waals surface area contributed by atoms with E-state index in [2.05, 4.69) is 5.32 Å². The van der Waals surface area contributed by atoms with Gasteiger partial charge in [0, 0.05) is 12.2 Å². The zero-order valence-electron chi connectivity index (χ0n) is 9.53. The number of nitrogens with two attached hydrogens (primary N) is 1. The molecule has 0 atom stereocenters. The summed E-state index contributed by atoms with van der Waals surface area (Å²) in [5.74, 6) is 0.309. The fourth-order valence-corrected chi connectivity index (χ4v) is 1.45. The van der Waals surface area contributed by atoms with Gasteiger partial charge in [0.25, 0.3) is 0 Å². The van der Waals surface area contributed by atoms with Crippen LogP contribution in [0.3, 0.4) is 0 Å². The van der Waals surface area contributed by atoms with Crippen molar-refractivity contribution in [2.75, 3.05) is 32.2 Å². The molecule has 94 valence electrons. The van der Waals surface area contributed by atoms with Crippen LogP contribution >= 0.6 is 11.6 Å². The van der Waals surface area contributed by atoms with Gasteiger partial charge in [0.05, 0.1) is 18.7 Å². The van der Waals surface area contributed by atoms with E-state index in [0.717, 1.165) is 0 Å². The van der Waals surface area contributed by atoms with Gasteiger partial charge in [-0.1, -0.05) is 11.6 Å². The van der Waals surface area contributed by atoms with Crippen molar-refractivity contribution < 1.29 is 14.3 Å². The highest BCUT2D eigenvalue weighted by molar-refractivity contribution is 6.32. The summed E-state index contributed by atoms with van der Waals surface area (Å²) in [6, 6.07) is 4.99. The Morgan fingerprint density at radius 1 is 1.53 bits per heavy atom. The van der Waals surface area contributed by atoms with E-state index in [4.69, 9.17) is 26.8 Å². The lowest BCUT2D eigenvalue weighted by Gasteiger charge is -2.08. The number of carbonyl (C=O) groups is 1. The number of hydrogen-bond acceptors (Lipinski definition) is 4. The number of halogens is 1. The van der Waals surface area contributed by atoms with Gasteiger partial charge in [0.1, 0.15) is 12.4 Å². The molecular weight excluding hydrogens is 244 g/mol. The van der Waals surface area contributed by atoms with Crippen molar-refractivity contribution >= 4 is 23.2 Å². The molecule has 0 aromatic heterocycles. The molecule has 0 spiro atoms. The molecule has 0 bridgehead atoms. The van der Waals surface area contributed by atoms with Gasteiger partial charge < -0.3 is 20.5 Å². The average Bonchev–Trinajstić information content (AvgIpc) is 2.29. The second-order valence-corrected chi connectivity index (χ2v) is 3.65. The van der Waals surface area contributed by atoms with E-state index in [1.165, 1.54) is 7.11 Å². The highest BCUT2D eigenvalue weighted by atomic mass is 35.5. The van der Waals surface area contributed by atoms with Gasteiger partial charge in [-0.25, -0.2) is 0 Å². The normalized spacial score (nSPS) is 10.1. The molecule has 0 aliphatic rings. The predicted octanol–water partition coefficient (Wildman–Crippen LogP) is 1.26. The first kappa shape index (κ1) is 13.8. The van der Waals surface area contributed by atoms with Crippen LogP contribution in [0.2, 0.25) is 5.02 Å². The summed E-state index contributed by atoms with van der Waals surface area (Å²) >= 11 is 5.92. The standard InChI is InChI=1S/C11H15ClN2O3/c1-16-10-3-2-8(6-9(10)12)14-11(15)7-17-5-4-13/h2-3,6H,4-5,7,13H2,1H3,(H,14,15). The van der Waals surface area contributed by atoms with Crippen LogP contribution in [0.1, 0.15) is 0 Å². The zero-order chi connectivity index (χ0) is 12.7. The minimum Gasteiger partial charge on any atom is -0.495 e. The molecule has 1 aromatic rings. The molecule has 0 radical (unpaired) electrons. The summed E-state index contributed by atoms with van der Waals surface area (Å²) < 4.78 is 10.00. The van der Waals surface area contributed by atoms with E-state index in [0.29, 0.717) is 29.6 Å². The Morgan fingerprint density at radius 2 is 2.29 bits per heavy atom. The number of rotatable bonds is 6. The zero-order valence-corrected chi connectivity index (χ0v) is 10.3. The molecule has 0 aliphatic heterocycles. The van der Waals surface area contributed by atoms with Crippen LogP contribution in [0, 0.1) is 0 Å². The van der Waals surface area contributed by atoms with Gasteiger partial charge in [-0.3, -0.25) is 4.79 Å². The topological polar surface area (TPSA) is 73.6 Å². The van der Waals surface area contributed by atoms with Crippen molar-refractivity contribution in [2.45, 2.75) is 0 Å². The summed E-state index contributed by atoms with van der Waals surface area (Å²) in [6.45, 7) is 0.722. The lowest BCUT2D eigenvalue weighted by Crippen LogP contribution is -2.20. The molecule has 0 aliphatic carbocycles. The molecule has 1 rings (SSSR count). The Morgan fingerprint density at radius 3 is 2.88 bits per heavy atom. The second kappa shape index (κ2) is 7.11. The lowest BCUT2D eigenvalue weighted by atomic mass is 10.3. The summed E-state index contributed by atoms with van der Waals surface area (Å²) in [7, 11) is 1.53. The lowest BCUT2D eigenvalue weighted by molar-refractivity contribution is -0.120. The Bertz CT molecular complexity index is 385. The molecule has 1 amide bonds. The summed E-state index contributed by atoms with van der Waals surface area (Å²) in [4.78, 5) is 11.4.